The molecule has 1 aliphatic carbocycles. The first-order valence-corrected chi connectivity index (χ1v) is 10.1. The number of hydrogen-bond donors (Lipinski definition) is 2. The van der Waals surface area contributed by atoms with Gasteiger partial charge in [-0.1, -0.05) is 19.3 Å². The van der Waals surface area contributed by atoms with Gasteiger partial charge in [-0.2, -0.15) is 0 Å². The third kappa shape index (κ3) is 3.72. The molecule has 3 rings (SSSR count). The topological polar surface area (TPSA) is 92.5 Å². The van der Waals surface area contributed by atoms with Crippen LogP contribution in [0.1, 0.15) is 44.6 Å². The zero-order chi connectivity index (χ0) is 17.3. The van der Waals surface area contributed by atoms with Crippen molar-refractivity contribution in [2.24, 2.45) is 5.14 Å². The number of benzene rings is 1. The molecule has 2 aliphatic rings. The standard InChI is InChI=1S/C17H25N3O3S/c1-12-9-13-10-15(24(18,22)23)7-8-16(13)20(12)11-17(21)19-14-5-3-2-4-6-14/h7-8,10,12,14H,2-6,9,11H2,1H3,(H,19,21)(H2,18,22,23)/t12-/m1/s1. The fourth-order valence-electron chi connectivity index (χ4n) is 3.76. The van der Waals surface area contributed by atoms with E-state index in [2.05, 4.69) is 5.32 Å². The lowest BCUT2D eigenvalue weighted by molar-refractivity contribution is -0.120. The highest BCUT2D eigenvalue weighted by molar-refractivity contribution is 7.89. The van der Waals surface area contributed by atoms with E-state index >= 15 is 0 Å². The van der Waals surface area contributed by atoms with Gasteiger partial charge in [-0.15, -0.1) is 0 Å². The zero-order valence-electron chi connectivity index (χ0n) is 14.0. The van der Waals surface area contributed by atoms with E-state index in [0.717, 1.165) is 30.5 Å². The van der Waals surface area contributed by atoms with Gasteiger partial charge < -0.3 is 10.2 Å². The summed E-state index contributed by atoms with van der Waals surface area (Å²) in [6, 6.07) is 5.35. The Morgan fingerprint density at radius 2 is 2.00 bits per heavy atom. The second-order valence-electron chi connectivity index (χ2n) is 6.92. The van der Waals surface area contributed by atoms with E-state index in [1.165, 1.54) is 25.3 Å². The summed E-state index contributed by atoms with van der Waals surface area (Å²) in [5.74, 6) is 0.0390. The fourth-order valence-corrected chi connectivity index (χ4v) is 4.33. The summed E-state index contributed by atoms with van der Waals surface area (Å²) in [5, 5.41) is 8.34. The molecule has 1 aromatic carbocycles. The predicted molar refractivity (Wildman–Crippen MR) is 93.3 cm³/mol. The normalized spacial score (nSPS) is 21.6. The minimum absolute atomic E-state index is 0.0390. The molecule has 1 saturated carbocycles. The molecule has 1 fully saturated rings. The number of rotatable bonds is 4. The van der Waals surface area contributed by atoms with Crippen LogP contribution in [0.5, 0.6) is 0 Å². The van der Waals surface area contributed by atoms with Crippen LogP contribution in [-0.4, -0.2) is 33.0 Å². The third-order valence-corrected chi connectivity index (χ3v) is 5.93. The number of nitrogens with two attached hydrogens (primary N) is 1. The van der Waals surface area contributed by atoms with Crippen LogP contribution >= 0.6 is 0 Å². The molecule has 3 N–H and O–H groups in total. The molecule has 0 bridgehead atoms. The highest BCUT2D eigenvalue weighted by Crippen LogP contribution is 2.33. The number of sulfonamides is 1. The van der Waals surface area contributed by atoms with Crippen LogP contribution in [0.15, 0.2) is 23.1 Å². The minimum Gasteiger partial charge on any atom is -0.359 e. The molecule has 1 amide bonds. The predicted octanol–water partition coefficient (Wildman–Crippen LogP) is 1.53. The first kappa shape index (κ1) is 17.2. The Morgan fingerprint density at radius 3 is 2.67 bits per heavy atom. The van der Waals surface area contributed by atoms with E-state index in [4.69, 9.17) is 5.14 Å². The molecule has 7 heteroatoms. The lowest BCUT2D eigenvalue weighted by Crippen LogP contribution is -2.44. The van der Waals surface area contributed by atoms with Crippen LogP contribution in [0.25, 0.3) is 0 Å². The summed E-state index contributed by atoms with van der Waals surface area (Å²) >= 11 is 0. The molecule has 1 aliphatic heterocycles. The molecule has 24 heavy (non-hydrogen) atoms. The highest BCUT2D eigenvalue weighted by atomic mass is 32.2. The van der Waals surface area contributed by atoms with Gasteiger partial charge in [0.1, 0.15) is 0 Å². The average molecular weight is 351 g/mol. The quantitative estimate of drug-likeness (QED) is 0.860. The number of carbonyl (C=O) groups is 1. The van der Waals surface area contributed by atoms with Gasteiger partial charge >= 0.3 is 0 Å². The molecule has 0 saturated heterocycles. The van der Waals surface area contributed by atoms with Crippen molar-refractivity contribution < 1.29 is 13.2 Å². The summed E-state index contributed by atoms with van der Waals surface area (Å²) in [6.07, 6.45) is 6.48. The molecule has 0 aromatic heterocycles. The molecular weight excluding hydrogens is 326 g/mol. The monoisotopic (exact) mass is 351 g/mol. The molecule has 6 nitrogen and oxygen atoms in total. The van der Waals surface area contributed by atoms with Gasteiger partial charge in [-0.25, -0.2) is 13.6 Å². The van der Waals surface area contributed by atoms with Crippen molar-refractivity contribution >= 4 is 21.6 Å². The van der Waals surface area contributed by atoms with E-state index < -0.39 is 10.0 Å². The molecule has 1 atom stereocenters. The Bertz CT molecular complexity index is 727. The molecular formula is C17H25N3O3S. The van der Waals surface area contributed by atoms with Gasteiger partial charge in [0, 0.05) is 17.8 Å². The average Bonchev–Trinajstić information content (AvgIpc) is 2.82. The van der Waals surface area contributed by atoms with E-state index in [9.17, 15) is 13.2 Å². The lowest BCUT2D eigenvalue weighted by atomic mass is 9.95. The van der Waals surface area contributed by atoms with Gasteiger partial charge in [-0.05, 0) is 49.9 Å². The summed E-state index contributed by atoms with van der Waals surface area (Å²) in [7, 11) is -3.70. The van der Waals surface area contributed by atoms with E-state index in [1.54, 1.807) is 12.1 Å². The lowest BCUT2D eigenvalue weighted by Gasteiger charge is -2.27. The highest BCUT2D eigenvalue weighted by Gasteiger charge is 2.29. The van der Waals surface area contributed by atoms with Gasteiger partial charge in [-0.3, -0.25) is 4.79 Å². The SMILES string of the molecule is C[C@@H]1Cc2cc(S(N)(=O)=O)ccc2N1CC(=O)NC1CCCCC1. The van der Waals surface area contributed by atoms with Crippen molar-refractivity contribution in [3.63, 3.8) is 0 Å². The molecule has 1 heterocycles. The van der Waals surface area contributed by atoms with Crippen LogP contribution in [0.3, 0.4) is 0 Å². The van der Waals surface area contributed by atoms with Crippen LogP contribution in [0.4, 0.5) is 5.69 Å². The molecule has 0 unspecified atom stereocenters. The van der Waals surface area contributed by atoms with Crippen molar-refractivity contribution in [2.75, 3.05) is 11.4 Å². The Labute approximate surface area is 143 Å². The van der Waals surface area contributed by atoms with Crippen LogP contribution in [-0.2, 0) is 21.2 Å². The molecule has 0 spiro atoms. The van der Waals surface area contributed by atoms with Gasteiger partial charge in [0.2, 0.25) is 15.9 Å². The Balaban J connectivity index is 1.70. The number of anilines is 1. The van der Waals surface area contributed by atoms with Crippen LogP contribution < -0.4 is 15.4 Å². The summed E-state index contributed by atoms with van der Waals surface area (Å²) in [4.78, 5) is 14.5. The first-order valence-electron chi connectivity index (χ1n) is 8.56. The maximum Gasteiger partial charge on any atom is 0.239 e. The zero-order valence-corrected chi connectivity index (χ0v) is 14.8. The Morgan fingerprint density at radius 1 is 1.29 bits per heavy atom. The van der Waals surface area contributed by atoms with Crippen molar-refractivity contribution in [1.29, 1.82) is 0 Å². The first-order chi connectivity index (χ1) is 11.3. The minimum atomic E-state index is -3.70. The van der Waals surface area contributed by atoms with Gasteiger partial charge in [0.25, 0.3) is 0 Å². The number of primary sulfonamides is 1. The fraction of sp³-hybridized carbons (Fsp3) is 0.588. The summed E-state index contributed by atoms with van der Waals surface area (Å²) < 4.78 is 23.0. The van der Waals surface area contributed by atoms with E-state index in [-0.39, 0.29) is 16.8 Å². The van der Waals surface area contributed by atoms with Gasteiger partial charge in [0.15, 0.2) is 0 Å². The second kappa shape index (κ2) is 6.72. The van der Waals surface area contributed by atoms with Crippen molar-refractivity contribution in [2.45, 2.75) is 62.4 Å². The number of fused-ring (bicyclic) bond motifs is 1. The van der Waals surface area contributed by atoms with Crippen LogP contribution in [0, 0.1) is 0 Å². The Kier molecular flexibility index (Phi) is 4.83. The molecule has 132 valence electrons. The number of hydrogen-bond acceptors (Lipinski definition) is 4. The molecule has 1 aromatic rings. The number of nitrogens with one attached hydrogen (secondary N) is 1. The van der Waals surface area contributed by atoms with E-state index in [1.807, 2.05) is 11.8 Å². The summed E-state index contributed by atoms with van der Waals surface area (Å²) in [6.45, 7) is 2.35. The number of amides is 1. The van der Waals surface area contributed by atoms with Crippen molar-refractivity contribution in [3.05, 3.63) is 23.8 Å². The number of nitrogens with zero attached hydrogens (tertiary/aromatic N) is 1. The second-order valence-corrected chi connectivity index (χ2v) is 8.48. The van der Waals surface area contributed by atoms with Crippen molar-refractivity contribution in [3.8, 4) is 0 Å². The molecule has 0 radical (unpaired) electrons. The van der Waals surface area contributed by atoms with Gasteiger partial charge in [0.05, 0.1) is 11.4 Å². The summed E-state index contributed by atoms with van der Waals surface area (Å²) in [5.41, 5.74) is 1.85. The maximum absolute atomic E-state index is 12.4. The smallest absolute Gasteiger partial charge is 0.239 e. The van der Waals surface area contributed by atoms with Crippen LogP contribution in [0.2, 0.25) is 0 Å². The number of carbonyl (C=O) groups excluding carboxylic acids is 1. The maximum atomic E-state index is 12.4. The van der Waals surface area contributed by atoms with E-state index in [0.29, 0.717) is 12.6 Å². The van der Waals surface area contributed by atoms with Crippen molar-refractivity contribution in [1.82, 2.24) is 5.32 Å². The third-order valence-electron chi connectivity index (χ3n) is 5.02. The largest absolute Gasteiger partial charge is 0.359 e. The Hall–Kier alpha value is -1.60.